The van der Waals surface area contributed by atoms with E-state index >= 15 is 0 Å². The maximum atomic E-state index is 6.12. The van der Waals surface area contributed by atoms with E-state index in [0.29, 0.717) is 30.6 Å². The quantitative estimate of drug-likeness (QED) is 0.438. The third kappa shape index (κ3) is 3.97. The van der Waals surface area contributed by atoms with E-state index in [1.165, 1.54) is 0 Å². The zero-order chi connectivity index (χ0) is 22.1. The molecule has 2 aromatic heterocycles. The van der Waals surface area contributed by atoms with Crippen LogP contribution in [-0.4, -0.2) is 32.9 Å². The summed E-state index contributed by atoms with van der Waals surface area (Å²) in [7, 11) is 1.66. The molecule has 1 aliphatic heterocycles. The average Bonchev–Trinajstić information content (AvgIpc) is 3.46. The van der Waals surface area contributed by atoms with Gasteiger partial charge in [-0.15, -0.1) is 0 Å². The van der Waals surface area contributed by atoms with Crippen LogP contribution in [-0.2, 0) is 17.9 Å². The largest absolute Gasteiger partial charge is 0.497 e. The fourth-order valence-electron chi connectivity index (χ4n) is 3.72. The van der Waals surface area contributed by atoms with Gasteiger partial charge in [0.25, 0.3) is 5.89 Å². The second-order valence-electron chi connectivity index (χ2n) is 7.88. The van der Waals surface area contributed by atoms with E-state index in [0.717, 1.165) is 28.3 Å². The van der Waals surface area contributed by atoms with Gasteiger partial charge in [0.1, 0.15) is 17.6 Å². The highest BCUT2D eigenvalue weighted by atomic mass is 16.5. The van der Waals surface area contributed by atoms with Gasteiger partial charge < -0.3 is 23.3 Å². The lowest BCUT2D eigenvalue weighted by molar-refractivity contribution is 0.00328. The van der Waals surface area contributed by atoms with Gasteiger partial charge in [0, 0.05) is 5.56 Å². The zero-order valence-corrected chi connectivity index (χ0v) is 18.2. The van der Waals surface area contributed by atoms with Crippen LogP contribution in [0.2, 0.25) is 0 Å². The molecular weight excluding hydrogens is 408 g/mol. The first-order chi connectivity index (χ1) is 15.6. The fourth-order valence-corrected chi connectivity index (χ4v) is 3.72. The molecule has 164 valence electrons. The summed E-state index contributed by atoms with van der Waals surface area (Å²) in [6.45, 7) is 5.06. The molecule has 4 aromatic rings. The number of imidazole rings is 1. The SMILES string of the molecule is COc1ccc([C@H]2Cn3cnc(-c4nc(-c5ccc(OC(C)C)cc5)no4)c3CO2)cc1. The molecule has 2 aromatic carbocycles. The smallest absolute Gasteiger partial charge is 0.278 e. The number of hydrogen-bond acceptors (Lipinski definition) is 7. The van der Waals surface area contributed by atoms with E-state index in [-0.39, 0.29) is 12.2 Å². The van der Waals surface area contributed by atoms with Gasteiger partial charge in [-0.05, 0) is 55.8 Å². The number of methoxy groups -OCH3 is 1. The molecule has 5 rings (SSSR count). The Kier molecular flexibility index (Phi) is 5.36. The van der Waals surface area contributed by atoms with Gasteiger partial charge in [-0.3, -0.25) is 0 Å². The van der Waals surface area contributed by atoms with E-state index in [9.17, 15) is 0 Å². The summed E-state index contributed by atoms with van der Waals surface area (Å²) < 4.78 is 24.6. The molecular formula is C24H24N4O4. The van der Waals surface area contributed by atoms with Crippen molar-refractivity contribution in [2.75, 3.05) is 7.11 Å². The Morgan fingerprint density at radius 1 is 1.03 bits per heavy atom. The molecule has 8 nitrogen and oxygen atoms in total. The van der Waals surface area contributed by atoms with Crippen molar-refractivity contribution in [3.8, 4) is 34.5 Å². The van der Waals surface area contributed by atoms with Crippen molar-refractivity contribution in [1.29, 1.82) is 0 Å². The van der Waals surface area contributed by atoms with E-state index < -0.39 is 0 Å². The van der Waals surface area contributed by atoms with Crippen molar-refractivity contribution < 1.29 is 18.7 Å². The normalized spacial score (nSPS) is 15.6. The van der Waals surface area contributed by atoms with Gasteiger partial charge in [0.2, 0.25) is 5.82 Å². The van der Waals surface area contributed by atoms with Gasteiger partial charge in [-0.2, -0.15) is 4.98 Å². The summed E-state index contributed by atoms with van der Waals surface area (Å²) in [5.74, 6) is 2.51. The lowest BCUT2D eigenvalue weighted by Gasteiger charge is -2.25. The molecule has 1 aliphatic rings. The molecule has 0 saturated carbocycles. The summed E-state index contributed by atoms with van der Waals surface area (Å²) >= 11 is 0. The number of nitrogens with zero attached hydrogens (tertiary/aromatic N) is 4. The Balaban J connectivity index is 1.33. The number of ether oxygens (including phenoxy) is 3. The molecule has 0 fully saturated rings. The summed E-state index contributed by atoms with van der Waals surface area (Å²) in [4.78, 5) is 9.08. The third-order valence-corrected chi connectivity index (χ3v) is 5.33. The van der Waals surface area contributed by atoms with Crippen LogP contribution in [0, 0.1) is 0 Å². The molecule has 0 amide bonds. The number of aromatic nitrogens is 4. The number of rotatable bonds is 6. The van der Waals surface area contributed by atoms with Crippen LogP contribution >= 0.6 is 0 Å². The zero-order valence-electron chi connectivity index (χ0n) is 18.2. The van der Waals surface area contributed by atoms with Crippen molar-refractivity contribution in [1.82, 2.24) is 19.7 Å². The lowest BCUT2D eigenvalue weighted by Crippen LogP contribution is -2.20. The lowest BCUT2D eigenvalue weighted by atomic mass is 10.1. The van der Waals surface area contributed by atoms with Crippen molar-refractivity contribution in [2.45, 2.75) is 39.2 Å². The summed E-state index contributed by atoms with van der Waals surface area (Å²) in [5.41, 5.74) is 3.51. The molecule has 0 unspecified atom stereocenters. The Morgan fingerprint density at radius 3 is 2.50 bits per heavy atom. The van der Waals surface area contributed by atoms with E-state index in [1.54, 1.807) is 13.4 Å². The van der Waals surface area contributed by atoms with Crippen molar-refractivity contribution in [2.24, 2.45) is 0 Å². The van der Waals surface area contributed by atoms with Crippen molar-refractivity contribution in [3.05, 3.63) is 66.1 Å². The number of fused-ring (bicyclic) bond motifs is 1. The highest BCUT2D eigenvalue weighted by Crippen LogP contribution is 2.32. The van der Waals surface area contributed by atoms with Crippen molar-refractivity contribution >= 4 is 0 Å². The van der Waals surface area contributed by atoms with Crippen LogP contribution in [0.25, 0.3) is 23.0 Å². The van der Waals surface area contributed by atoms with Gasteiger partial charge >= 0.3 is 0 Å². The molecule has 0 radical (unpaired) electrons. The third-order valence-electron chi connectivity index (χ3n) is 5.33. The second kappa shape index (κ2) is 8.47. The maximum absolute atomic E-state index is 6.12. The maximum Gasteiger partial charge on any atom is 0.278 e. The molecule has 0 saturated heterocycles. The Morgan fingerprint density at radius 2 is 1.78 bits per heavy atom. The molecule has 32 heavy (non-hydrogen) atoms. The minimum absolute atomic E-state index is 0.0553. The predicted octanol–water partition coefficient (Wildman–Crippen LogP) is 4.67. The average molecular weight is 432 g/mol. The highest BCUT2D eigenvalue weighted by molar-refractivity contribution is 5.59. The molecule has 3 heterocycles. The fraction of sp³-hybridized carbons (Fsp3) is 0.292. The first kappa shape index (κ1) is 20.3. The Labute approximate surface area is 185 Å². The minimum Gasteiger partial charge on any atom is -0.497 e. The molecule has 0 N–H and O–H groups in total. The van der Waals surface area contributed by atoms with Gasteiger partial charge in [0.05, 0.1) is 38.4 Å². The predicted molar refractivity (Wildman–Crippen MR) is 117 cm³/mol. The van der Waals surface area contributed by atoms with Crippen LogP contribution in [0.15, 0.2) is 59.4 Å². The second-order valence-corrected chi connectivity index (χ2v) is 7.88. The molecule has 8 heteroatoms. The molecule has 1 atom stereocenters. The molecule has 0 spiro atoms. The molecule has 0 bridgehead atoms. The topological polar surface area (TPSA) is 84.4 Å². The molecule has 0 aliphatic carbocycles. The summed E-state index contributed by atoms with van der Waals surface area (Å²) in [5, 5.41) is 4.13. The van der Waals surface area contributed by atoms with Crippen LogP contribution in [0.4, 0.5) is 0 Å². The van der Waals surface area contributed by atoms with E-state index in [4.69, 9.17) is 18.7 Å². The van der Waals surface area contributed by atoms with Crippen LogP contribution in [0.1, 0.15) is 31.2 Å². The van der Waals surface area contributed by atoms with Crippen molar-refractivity contribution in [3.63, 3.8) is 0 Å². The Hall–Kier alpha value is -3.65. The standard InChI is InChI=1S/C24H24N4O4/c1-15(2)31-19-10-6-17(7-11-19)23-26-24(32-27-23)22-20-13-30-21(12-28(20)14-25-22)16-4-8-18(29-3)9-5-16/h4-11,14-15,21H,12-13H2,1-3H3/t21-/m1/s1. The van der Waals surface area contributed by atoms with Crippen LogP contribution < -0.4 is 9.47 Å². The van der Waals surface area contributed by atoms with Gasteiger partial charge in [0.15, 0.2) is 5.69 Å². The highest BCUT2D eigenvalue weighted by Gasteiger charge is 2.26. The van der Waals surface area contributed by atoms with Crippen LogP contribution in [0.3, 0.4) is 0 Å². The Bertz CT molecular complexity index is 1200. The minimum atomic E-state index is -0.0553. The first-order valence-corrected chi connectivity index (χ1v) is 10.5. The van der Waals surface area contributed by atoms with Gasteiger partial charge in [-0.25, -0.2) is 4.98 Å². The summed E-state index contributed by atoms with van der Waals surface area (Å²) in [6.07, 6.45) is 1.86. The number of benzene rings is 2. The van der Waals surface area contributed by atoms with E-state index in [2.05, 4.69) is 19.7 Å². The summed E-state index contributed by atoms with van der Waals surface area (Å²) in [6, 6.07) is 15.6. The first-order valence-electron chi connectivity index (χ1n) is 10.5. The van der Waals surface area contributed by atoms with Gasteiger partial charge in [-0.1, -0.05) is 17.3 Å². The van der Waals surface area contributed by atoms with E-state index in [1.807, 2.05) is 62.4 Å². The number of hydrogen-bond donors (Lipinski definition) is 0. The van der Waals surface area contributed by atoms with Crippen LogP contribution in [0.5, 0.6) is 11.5 Å². The monoisotopic (exact) mass is 432 g/mol.